The fraction of sp³-hybridized carbons (Fsp3) is 0.733. The van der Waals surface area contributed by atoms with Crippen LogP contribution in [0.3, 0.4) is 0 Å². The number of hydrogen-bond donors (Lipinski definition) is 1. The molecule has 0 radical (unpaired) electrons. The van der Waals surface area contributed by atoms with Crippen molar-refractivity contribution in [3.8, 4) is 0 Å². The van der Waals surface area contributed by atoms with Gasteiger partial charge >= 0.3 is 0 Å². The van der Waals surface area contributed by atoms with E-state index in [-0.39, 0.29) is 0 Å². The molecular weight excluding hydrogens is 226 g/mol. The van der Waals surface area contributed by atoms with Crippen molar-refractivity contribution in [2.75, 3.05) is 6.61 Å². The summed E-state index contributed by atoms with van der Waals surface area (Å²) in [7, 11) is 0. The lowest BCUT2D eigenvalue weighted by atomic mass is 9.93. The van der Waals surface area contributed by atoms with Crippen molar-refractivity contribution in [1.82, 2.24) is 5.32 Å². The SMILES string of the molecule is CC(C)(C)CCOCc1ccc(CNC2CC2)o1. The fourth-order valence-corrected chi connectivity index (χ4v) is 1.68. The minimum absolute atomic E-state index is 0.336. The Bertz CT molecular complexity index is 361. The largest absolute Gasteiger partial charge is 0.462 e. The highest BCUT2D eigenvalue weighted by Crippen LogP contribution is 2.20. The van der Waals surface area contributed by atoms with Gasteiger partial charge < -0.3 is 14.5 Å². The Hall–Kier alpha value is -0.800. The van der Waals surface area contributed by atoms with E-state index >= 15 is 0 Å². The molecule has 102 valence electrons. The first-order chi connectivity index (χ1) is 8.53. The van der Waals surface area contributed by atoms with Gasteiger partial charge in [0.25, 0.3) is 0 Å². The Morgan fingerprint density at radius 3 is 2.67 bits per heavy atom. The number of hydrogen-bond acceptors (Lipinski definition) is 3. The number of rotatable bonds is 7. The van der Waals surface area contributed by atoms with Gasteiger partial charge in [-0.2, -0.15) is 0 Å². The summed E-state index contributed by atoms with van der Waals surface area (Å²) in [6, 6.07) is 4.78. The van der Waals surface area contributed by atoms with Crippen molar-refractivity contribution in [1.29, 1.82) is 0 Å². The summed E-state index contributed by atoms with van der Waals surface area (Å²) < 4.78 is 11.3. The van der Waals surface area contributed by atoms with Gasteiger partial charge in [-0.25, -0.2) is 0 Å². The molecule has 0 bridgehead atoms. The molecule has 1 heterocycles. The van der Waals surface area contributed by atoms with Gasteiger partial charge in [-0.1, -0.05) is 20.8 Å². The van der Waals surface area contributed by atoms with E-state index in [9.17, 15) is 0 Å². The molecule has 1 aliphatic carbocycles. The predicted octanol–water partition coefficient (Wildman–Crippen LogP) is 3.48. The van der Waals surface area contributed by atoms with Crippen LogP contribution in [0.1, 0.15) is 51.6 Å². The molecule has 1 fully saturated rings. The van der Waals surface area contributed by atoms with Gasteiger partial charge in [-0.15, -0.1) is 0 Å². The van der Waals surface area contributed by atoms with Crippen LogP contribution in [0.2, 0.25) is 0 Å². The van der Waals surface area contributed by atoms with Crippen LogP contribution in [-0.2, 0) is 17.9 Å². The lowest BCUT2D eigenvalue weighted by molar-refractivity contribution is 0.0836. The van der Waals surface area contributed by atoms with Crippen LogP contribution in [0, 0.1) is 5.41 Å². The summed E-state index contributed by atoms with van der Waals surface area (Å²) in [5.41, 5.74) is 0.336. The van der Waals surface area contributed by atoms with E-state index < -0.39 is 0 Å². The second-order valence-electron chi connectivity index (χ2n) is 6.39. The molecule has 2 rings (SSSR count). The maximum atomic E-state index is 5.71. The van der Waals surface area contributed by atoms with E-state index in [0.717, 1.165) is 37.1 Å². The van der Waals surface area contributed by atoms with Crippen LogP contribution in [-0.4, -0.2) is 12.6 Å². The van der Waals surface area contributed by atoms with Crippen molar-refractivity contribution in [3.05, 3.63) is 23.7 Å². The molecule has 0 saturated heterocycles. The van der Waals surface area contributed by atoms with E-state index in [0.29, 0.717) is 12.0 Å². The lowest BCUT2D eigenvalue weighted by Crippen LogP contribution is -2.14. The monoisotopic (exact) mass is 251 g/mol. The molecule has 1 aromatic heterocycles. The zero-order valence-electron chi connectivity index (χ0n) is 11.8. The summed E-state index contributed by atoms with van der Waals surface area (Å²) in [4.78, 5) is 0. The third-order valence-electron chi connectivity index (χ3n) is 3.10. The summed E-state index contributed by atoms with van der Waals surface area (Å²) >= 11 is 0. The zero-order chi connectivity index (χ0) is 13.0. The molecule has 0 unspecified atom stereocenters. The third kappa shape index (κ3) is 5.23. The second-order valence-corrected chi connectivity index (χ2v) is 6.39. The van der Waals surface area contributed by atoms with Crippen molar-refractivity contribution >= 4 is 0 Å². The molecule has 3 nitrogen and oxygen atoms in total. The number of ether oxygens (including phenoxy) is 1. The highest BCUT2D eigenvalue weighted by atomic mass is 16.5. The molecule has 1 aliphatic rings. The minimum Gasteiger partial charge on any atom is -0.462 e. The minimum atomic E-state index is 0.336. The van der Waals surface area contributed by atoms with Gasteiger partial charge in [0.15, 0.2) is 0 Å². The van der Waals surface area contributed by atoms with E-state index in [4.69, 9.17) is 9.15 Å². The van der Waals surface area contributed by atoms with E-state index in [1.165, 1.54) is 12.8 Å². The highest BCUT2D eigenvalue weighted by Gasteiger charge is 2.20. The Morgan fingerprint density at radius 2 is 2.00 bits per heavy atom. The summed E-state index contributed by atoms with van der Waals surface area (Å²) in [6.45, 7) is 8.90. The first-order valence-electron chi connectivity index (χ1n) is 6.92. The Balaban J connectivity index is 1.63. The molecule has 0 amide bonds. The molecular formula is C15H25NO2. The van der Waals surface area contributed by atoms with Crippen molar-refractivity contribution in [2.45, 2.75) is 59.2 Å². The van der Waals surface area contributed by atoms with Crippen molar-refractivity contribution < 1.29 is 9.15 Å². The molecule has 0 spiro atoms. The molecule has 1 saturated carbocycles. The zero-order valence-corrected chi connectivity index (χ0v) is 11.8. The molecule has 0 aromatic carbocycles. The average molecular weight is 251 g/mol. The van der Waals surface area contributed by atoms with Gasteiger partial charge in [0, 0.05) is 12.6 Å². The van der Waals surface area contributed by atoms with Crippen LogP contribution in [0.25, 0.3) is 0 Å². The molecule has 0 aliphatic heterocycles. The number of furan rings is 1. The Kier molecular flexibility index (Phi) is 4.46. The van der Waals surface area contributed by atoms with Crippen LogP contribution in [0.15, 0.2) is 16.5 Å². The van der Waals surface area contributed by atoms with E-state index in [1.807, 2.05) is 12.1 Å². The molecule has 0 atom stereocenters. The third-order valence-corrected chi connectivity index (χ3v) is 3.10. The molecule has 1 N–H and O–H groups in total. The van der Waals surface area contributed by atoms with E-state index in [2.05, 4.69) is 26.1 Å². The van der Waals surface area contributed by atoms with Gasteiger partial charge in [-0.3, -0.25) is 0 Å². The Morgan fingerprint density at radius 1 is 1.28 bits per heavy atom. The predicted molar refractivity (Wildman–Crippen MR) is 72.3 cm³/mol. The molecule has 3 heteroatoms. The summed E-state index contributed by atoms with van der Waals surface area (Å²) in [5, 5.41) is 3.44. The van der Waals surface area contributed by atoms with Crippen LogP contribution in [0.5, 0.6) is 0 Å². The highest BCUT2D eigenvalue weighted by molar-refractivity contribution is 5.06. The topological polar surface area (TPSA) is 34.4 Å². The quantitative estimate of drug-likeness (QED) is 0.753. The van der Waals surface area contributed by atoms with Crippen molar-refractivity contribution in [2.24, 2.45) is 5.41 Å². The Labute approximate surface area is 110 Å². The maximum Gasteiger partial charge on any atom is 0.129 e. The first kappa shape index (κ1) is 13.6. The molecule has 18 heavy (non-hydrogen) atoms. The maximum absolute atomic E-state index is 5.71. The standard InChI is InChI=1S/C15H25NO2/c1-15(2,3)8-9-17-11-14-7-6-13(18-14)10-16-12-4-5-12/h6-7,12,16H,4-5,8-11H2,1-3H3. The fourth-order valence-electron chi connectivity index (χ4n) is 1.68. The van der Waals surface area contributed by atoms with Gasteiger partial charge in [0.2, 0.25) is 0 Å². The van der Waals surface area contributed by atoms with Gasteiger partial charge in [-0.05, 0) is 36.8 Å². The summed E-state index contributed by atoms with van der Waals surface area (Å²) in [5.74, 6) is 1.94. The summed E-state index contributed by atoms with van der Waals surface area (Å²) in [6.07, 6.45) is 3.69. The molecule has 1 aromatic rings. The van der Waals surface area contributed by atoms with Gasteiger partial charge in [0.1, 0.15) is 18.1 Å². The van der Waals surface area contributed by atoms with Crippen LogP contribution < -0.4 is 5.32 Å². The average Bonchev–Trinajstić information content (AvgIpc) is 3.00. The number of nitrogens with one attached hydrogen (secondary N) is 1. The van der Waals surface area contributed by atoms with E-state index in [1.54, 1.807) is 0 Å². The smallest absolute Gasteiger partial charge is 0.129 e. The normalized spacial score (nSPS) is 16.2. The van der Waals surface area contributed by atoms with Crippen LogP contribution >= 0.6 is 0 Å². The van der Waals surface area contributed by atoms with Gasteiger partial charge in [0.05, 0.1) is 6.54 Å². The van der Waals surface area contributed by atoms with Crippen LogP contribution in [0.4, 0.5) is 0 Å². The second kappa shape index (κ2) is 5.89. The van der Waals surface area contributed by atoms with Crippen molar-refractivity contribution in [3.63, 3.8) is 0 Å². The lowest BCUT2D eigenvalue weighted by Gasteiger charge is -2.17. The first-order valence-corrected chi connectivity index (χ1v) is 6.92.